The van der Waals surface area contributed by atoms with Gasteiger partial charge in [0.2, 0.25) is 0 Å². The molecule has 2 heterocycles. The normalized spacial score (nSPS) is 17.0. The van der Waals surface area contributed by atoms with Crippen molar-refractivity contribution in [2.45, 2.75) is 18.9 Å². The fourth-order valence-electron chi connectivity index (χ4n) is 3.02. The van der Waals surface area contributed by atoms with Crippen LogP contribution in [0.4, 0.5) is 5.69 Å². The lowest BCUT2D eigenvalue weighted by molar-refractivity contribution is -0.384. The van der Waals surface area contributed by atoms with E-state index >= 15 is 0 Å². The first-order valence-electron chi connectivity index (χ1n) is 6.98. The summed E-state index contributed by atoms with van der Waals surface area (Å²) >= 11 is 0. The van der Waals surface area contributed by atoms with Crippen LogP contribution in [0.15, 0.2) is 24.4 Å². The van der Waals surface area contributed by atoms with Crippen LogP contribution in [0.2, 0.25) is 0 Å². The van der Waals surface area contributed by atoms with Crippen LogP contribution in [-0.4, -0.2) is 34.5 Å². The number of piperidine rings is 1. The van der Waals surface area contributed by atoms with Crippen molar-refractivity contribution in [3.63, 3.8) is 0 Å². The lowest BCUT2D eigenvalue weighted by atomic mass is 10.1. The van der Waals surface area contributed by atoms with Crippen molar-refractivity contribution >= 4 is 16.6 Å². The Kier molecular flexibility index (Phi) is 3.35. The smallest absolute Gasteiger partial charge is 0.271 e. The molecule has 1 aromatic carbocycles. The number of nitrogens with zero attached hydrogens (tertiary/aromatic N) is 4. The monoisotopic (exact) mass is 284 g/mol. The fourth-order valence-corrected chi connectivity index (χ4v) is 3.02. The van der Waals surface area contributed by atoms with Crippen molar-refractivity contribution in [1.82, 2.24) is 9.47 Å². The van der Waals surface area contributed by atoms with Crippen LogP contribution in [0.1, 0.15) is 24.4 Å². The first-order valence-corrected chi connectivity index (χ1v) is 6.98. The van der Waals surface area contributed by atoms with Gasteiger partial charge in [0, 0.05) is 29.8 Å². The Bertz CT molecular complexity index is 736. The molecule has 108 valence electrons. The summed E-state index contributed by atoms with van der Waals surface area (Å²) in [4.78, 5) is 12.9. The molecule has 1 fully saturated rings. The number of non-ortho nitro benzene ring substituents is 1. The van der Waals surface area contributed by atoms with Gasteiger partial charge in [0.1, 0.15) is 6.07 Å². The molecule has 1 aliphatic rings. The van der Waals surface area contributed by atoms with Crippen LogP contribution >= 0.6 is 0 Å². The molecule has 3 rings (SSSR count). The number of nitriles is 1. The van der Waals surface area contributed by atoms with Crippen molar-refractivity contribution < 1.29 is 4.92 Å². The van der Waals surface area contributed by atoms with Gasteiger partial charge in [0.05, 0.1) is 16.0 Å². The second-order valence-corrected chi connectivity index (χ2v) is 5.55. The summed E-state index contributed by atoms with van der Waals surface area (Å²) in [5.74, 6) is 0. The second-order valence-electron chi connectivity index (χ2n) is 5.55. The van der Waals surface area contributed by atoms with Crippen LogP contribution in [-0.2, 0) is 0 Å². The Hall–Kier alpha value is -2.39. The molecule has 0 unspecified atom stereocenters. The predicted octanol–water partition coefficient (Wildman–Crippen LogP) is 2.69. The highest BCUT2D eigenvalue weighted by Gasteiger charge is 2.22. The average molecular weight is 284 g/mol. The van der Waals surface area contributed by atoms with Crippen LogP contribution < -0.4 is 0 Å². The van der Waals surface area contributed by atoms with E-state index < -0.39 is 4.92 Å². The van der Waals surface area contributed by atoms with Gasteiger partial charge in [-0.15, -0.1) is 0 Å². The maximum Gasteiger partial charge on any atom is 0.271 e. The molecule has 1 aliphatic heterocycles. The summed E-state index contributed by atoms with van der Waals surface area (Å²) in [5.41, 5.74) is 1.44. The van der Waals surface area contributed by atoms with Crippen molar-refractivity contribution in [3.05, 3.63) is 40.1 Å². The number of benzene rings is 1. The number of likely N-dealkylation sites (tertiary alicyclic amines) is 1. The lowest BCUT2D eigenvalue weighted by Gasteiger charge is -2.30. The summed E-state index contributed by atoms with van der Waals surface area (Å²) in [7, 11) is 2.09. The summed E-state index contributed by atoms with van der Waals surface area (Å²) in [6.45, 7) is 2.00. The fraction of sp³-hybridized carbons (Fsp3) is 0.400. The Morgan fingerprint density at radius 1 is 1.38 bits per heavy atom. The van der Waals surface area contributed by atoms with Gasteiger partial charge in [-0.1, -0.05) is 0 Å². The highest BCUT2D eigenvalue weighted by molar-refractivity contribution is 5.88. The molecule has 6 nitrogen and oxygen atoms in total. The number of nitro groups is 1. The third kappa shape index (κ3) is 2.36. The molecule has 2 aromatic rings. The minimum absolute atomic E-state index is 0.0688. The minimum atomic E-state index is -0.391. The van der Waals surface area contributed by atoms with Gasteiger partial charge in [-0.2, -0.15) is 5.26 Å². The zero-order chi connectivity index (χ0) is 15.0. The number of hydrogen-bond donors (Lipinski definition) is 0. The lowest BCUT2D eigenvalue weighted by Crippen LogP contribution is -2.31. The molecule has 0 spiro atoms. The minimum Gasteiger partial charge on any atom is -0.343 e. The first-order chi connectivity index (χ1) is 10.1. The molecule has 0 aliphatic carbocycles. The van der Waals surface area contributed by atoms with Crippen LogP contribution in [0.5, 0.6) is 0 Å². The largest absolute Gasteiger partial charge is 0.343 e. The number of aromatic nitrogens is 1. The van der Waals surface area contributed by atoms with Gasteiger partial charge < -0.3 is 9.47 Å². The molecule has 1 saturated heterocycles. The highest BCUT2D eigenvalue weighted by atomic mass is 16.6. The molecular weight excluding hydrogens is 268 g/mol. The predicted molar refractivity (Wildman–Crippen MR) is 79.1 cm³/mol. The van der Waals surface area contributed by atoms with E-state index in [9.17, 15) is 15.4 Å². The van der Waals surface area contributed by atoms with Crippen molar-refractivity contribution in [3.8, 4) is 6.07 Å². The first kappa shape index (κ1) is 13.6. The van der Waals surface area contributed by atoms with Crippen LogP contribution in [0, 0.1) is 21.4 Å². The third-order valence-corrected chi connectivity index (χ3v) is 4.23. The number of fused-ring (bicyclic) bond motifs is 1. The van der Waals surface area contributed by atoms with E-state index in [1.165, 1.54) is 6.07 Å². The van der Waals surface area contributed by atoms with Crippen LogP contribution in [0.25, 0.3) is 10.9 Å². The summed E-state index contributed by atoms with van der Waals surface area (Å²) < 4.78 is 2.05. The molecule has 0 radical (unpaired) electrons. The number of nitro benzene ring substituents is 1. The van der Waals surface area contributed by atoms with E-state index in [1.54, 1.807) is 12.1 Å². The zero-order valence-electron chi connectivity index (χ0n) is 11.8. The highest BCUT2D eigenvalue weighted by Crippen LogP contribution is 2.31. The topological polar surface area (TPSA) is 75.1 Å². The second kappa shape index (κ2) is 5.19. The average Bonchev–Trinajstić information content (AvgIpc) is 2.86. The Balaban J connectivity index is 2.10. The molecule has 0 N–H and O–H groups in total. The van der Waals surface area contributed by atoms with Crippen molar-refractivity contribution in [2.75, 3.05) is 20.1 Å². The summed E-state index contributed by atoms with van der Waals surface area (Å²) in [5, 5.41) is 21.0. The molecule has 0 saturated carbocycles. The number of hydrogen-bond acceptors (Lipinski definition) is 4. The van der Waals surface area contributed by atoms with Gasteiger partial charge in [-0.25, -0.2) is 0 Å². The van der Waals surface area contributed by atoms with Gasteiger partial charge in [0.15, 0.2) is 0 Å². The molecule has 21 heavy (non-hydrogen) atoms. The van der Waals surface area contributed by atoms with Crippen molar-refractivity contribution in [1.29, 1.82) is 5.26 Å². The van der Waals surface area contributed by atoms with Crippen molar-refractivity contribution in [2.24, 2.45) is 0 Å². The van der Waals surface area contributed by atoms with Gasteiger partial charge in [-0.05, 0) is 39.0 Å². The summed E-state index contributed by atoms with van der Waals surface area (Å²) in [6, 6.07) is 7.20. The maximum absolute atomic E-state index is 11.0. The molecule has 0 atom stereocenters. The zero-order valence-corrected chi connectivity index (χ0v) is 11.8. The standard InChI is InChI=1S/C15H16N4O2/c1-17-6-4-12(5-7-17)18-10-11(9-16)14-3-2-13(19(20)21)8-15(14)18/h2-3,8,10,12H,4-7H2,1H3. The van der Waals surface area contributed by atoms with E-state index in [4.69, 9.17) is 0 Å². The number of rotatable bonds is 2. The molecular formula is C15H16N4O2. The quantitative estimate of drug-likeness (QED) is 0.627. The van der Waals surface area contributed by atoms with E-state index in [-0.39, 0.29) is 5.69 Å². The van der Waals surface area contributed by atoms with Gasteiger partial charge >= 0.3 is 0 Å². The van der Waals surface area contributed by atoms with E-state index in [0.29, 0.717) is 11.6 Å². The Morgan fingerprint density at radius 2 is 2.10 bits per heavy atom. The van der Waals surface area contributed by atoms with Gasteiger partial charge in [0.25, 0.3) is 5.69 Å². The molecule has 6 heteroatoms. The van der Waals surface area contributed by atoms with E-state index in [2.05, 4.69) is 18.0 Å². The van der Waals surface area contributed by atoms with E-state index in [1.807, 2.05) is 10.8 Å². The molecule has 0 amide bonds. The Morgan fingerprint density at radius 3 is 2.71 bits per heavy atom. The molecule has 1 aromatic heterocycles. The van der Waals surface area contributed by atoms with Gasteiger partial charge in [-0.3, -0.25) is 10.1 Å². The molecule has 0 bridgehead atoms. The Labute approximate surface area is 122 Å². The van der Waals surface area contributed by atoms with Crippen LogP contribution in [0.3, 0.4) is 0 Å². The van der Waals surface area contributed by atoms with E-state index in [0.717, 1.165) is 36.8 Å². The summed E-state index contributed by atoms with van der Waals surface area (Å²) in [6.07, 6.45) is 3.83. The SMILES string of the molecule is CN1CCC(n2cc(C#N)c3ccc([N+](=O)[O-])cc32)CC1. The third-order valence-electron chi connectivity index (χ3n) is 4.23. The maximum atomic E-state index is 11.0.